The number of hydrogen-bond donors (Lipinski definition) is 1. The first kappa shape index (κ1) is 16.3. The third kappa shape index (κ3) is 4.05. The molecule has 0 saturated carbocycles. The SMILES string of the molecule is NC(=O)CCn1c(SCCc2ccccc2)nnc1-c1ccco1. The van der Waals surface area contributed by atoms with Crippen LogP contribution in [0.15, 0.2) is 58.3 Å². The standard InChI is InChI=1S/C17H18N4O2S/c18-15(22)8-10-21-16(14-7-4-11-23-14)19-20-17(21)24-12-9-13-5-2-1-3-6-13/h1-7,11H,8-10,12H2,(H2,18,22). The maximum atomic E-state index is 11.1. The largest absolute Gasteiger partial charge is 0.461 e. The Morgan fingerprint density at radius 2 is 2.00 bits per heavy atom. The van der Waals surface area contributed by atoms with E-state index < -0.39 is 0 Å². The van der Waals surface area contributed by atoms with Crippen molar-refractivity contribution >= 4 is 17.7 Å². The van der Waals surface area contributed by atoms with Crippen LogP contribution in [0.3, 0.4) is 0 Å². The topological polar surface area (TPSA) is 86.9 Å². The highest BCUT2D eigenvalue weighted by molar-refractivity contribution is 7.99. The molecule has 0 aliphatic carbocycles. The van der Waals surface area contributed by atoms with Crippen molar-refractivity contribution in [2.24, 2.45) is 5.73 Å². The molecule has 2 heterocycles. The molecule has 0 spiro atoms. The van der Waals surface area contributed by atoms with Gasteiger partial charge in [-0.1, -0.05) is 42.1 Å². The lowest BCUT2D eigenvalue weighted by Gasteiger charge is -2.08. The predicted octanol–water partition coefficient (Wildman–Crippen LogP) is 2.75. The van der Waals surface area contributed by atoms with Crippen LogP contribution in [0.4, 0.5) is 0 Å². The molecule has 3 aromatic rings. The van der Waals surface area contributed by atoms with Crippen molar-refractivity contribution in [1.82, 2.24) is 14.8 Å². The fourth-order valence-corrected chi connectivity index (χ4v) is 3.26. The Kier molecular flexibility index (Phi) is 5.32. The third-order valence-corrected chi connectivity index (χ3v) is 4.47. The number of aryl methyl sites for hydroxylation is 1. The van der Waals surface area contributed by atoms with Gasteiger partial charge in [-0.25, -0.2) is 0 Å². The molecule has 0 radical (unpaired) electrons. The summed E-state index contributed by atoms with van der Waals surface area (Å²) in [4.78, 5) is 11.1. The van der Waals surface area contributed by atoms with Gasteiger partial charge in [0.2, 0.25) is 5.91 Å². The normalized spacial score (nSPS) is 10.8. The summed E-state index contributed by atoms with van der Waals surface area (Å²) in [6, 6.07) is 13.9. The average Bonchev–Trinajstić information content (AvgIpc) is 3.23. The van der Waals surface area contributed by atoms with Crippen molar-refractivity contribution in [1.29, 1.82) is 0 Å². The molecule has 0 unspecified atom stereocenters. The zero-order valence-electron chi connectivity index (χ0n) is 13.1. The van der Waals surface area contributed by atoms with Crippen molar-refractivity contribution in [2.75, 3.05) is 5.75 Å². The van der Waals surface area contributed by atoms with E-state index >= 15 is 0 Å². The Morgan fingerprint density at radius 1 is 1.17 bits per heavy atom. The van der Waals surface area contributed by atoms with Crippen LogP contribution in [0.25, 0.3) is 11.6 Å². The molecular weight excluding hydrogens is 324 g/mol. The quantitative estimate of drug-likeness (QED) is 0.636. The first-order valence-corrected chi connectivity index (χ1v) is 8.64. The van der Waals surface area contributed by atoms with E-state index in [0.29, 0.717) is 18.1 Å². The minimum Gasteiger partial charge on any atom is -0.461 e. The van der Waals surface area contributed by atoms with Gasteiger partial charge in [0.25, 0.3) is 0 Å². The second-order valence-corrected chi connectivity index (χ2v) is 6.30. The first-order valence-electron chi connectivity index (χ1n) is 7.66. The molecule has 124 valence electrons. The molecule has 1 aromatic carbocycles. The van der Waals surface area contributed by atoms with Gasteiger partial charge in [0.05, 0.1) is 6.26 Å². The van der Waals surface area contributed by atoms with Crippen LogP contribution in [0.1, 0.15) is 12.0 Å². The van der Waals surface area contributed by atoms with Crippen LogP contribution >= 0.6 is 11.8 Å². The Morgan fingerprint density at radius 3 is 2.71 bits per heavy atom. The monoisotopic (exact) mass is 342 g/mol. The van der Waals surface area contributed by atoms with Crippen LogP contribution in [0.2, 0.25) is 0 Å². The second-order valence-electron chi connectivity index (χ2n) is 5.24. The number of nitrogens with two attached hydrogens (primary N) is 1. The predicted molar refractivity (Wildman–Crippen MR) is 92.4 cm³/mol. The van der Waals surface area contributed by atoms with Crippen LogP contribution in [0.5, 0.6) is 0 Å². The molecule has 2 N–H and O–H groups in total. The van der Waals surface area contributed by atoms with Gasteiger partial charge in [-0.05, 0) is 24.1 Å². The first-order chi connectivity index (χ1) is 11.7. The molecule has 0 aliphatic heterocycles. The van der Waals surface area contributed by atoms with Crippen LogP contribution in [0, 0.1) is 0 Å². The molecule has 0 atom stereocenters. The number of hydrogen-bond acceptors (Lipinski definition) is 5. The highest BCUT2D eigenvalue weighted by Gasteiger charge is 2.16. The number of carbonyl (C=O) groups excluding carboxylic acids is 1. The number of furan rings is 1. The number of rotatable bonds is 8. The van der Waals surface area contributed by atoms with Crippen LogP contribution < -0.4 is 5.73 Å². The van der Waals surface area contributed by atoms with Crippen LogP contribution in [-0.2, 0) is 17.8 Å². The summed E-state index contributed by atoms with van der Waals surface area (Å²) in [7, 11) is 0. The van der Waals surface area contributed by atoms with Gasteiger partial charge in [0.1, 0.15) is 0 Å². The minimum absolute atomic E-state index is 0.234. The van der Waals surface area contributed by atoms with Gasteiger partial charge in [-0.2, -0.15) is 0 Å². The Bertz CT molecular complexity index is 784. The van der Waals surface area contributed by atoms with E-state index in [1.807, 2.05) is 28.8 Å². The zero-order valence-corrected chi connectivity index (χ0v) is 13.9. The van der Waals surface area contributed by atoms with Crippen LogP contribution in [-0.4, -0.2) is 26.4 Å². The number of aromatic nitrogens is 3. The van der Waals surface area contributed by atoms with E-state index in [0.717, 1.165) is 17.3 Å². The van der Waals surface area contributed by atoms with Crippen molar-refractivity contribution in [3.8, 4) is 11.6 Å². The summed E-state index contributed by atoms with van der Waals surface area (Å²) in [6.45, 7) is 0.437. The second kappa shape index (κ2) is 7.83. The number of thioether (sulfide) groups is 1. The Labute approximate surface area is 144 Å². The molecule has 0 fully saturated rings. The summed E-state index contributed by atoms with van der Waals surface area (Å²) < 4.78 is 7.29. The number of primary amides is 1. The van der Waals surface area contributed by atoms with Gasteiger partial charge in [0, 0.05) is 18.7 Å². The van der Waals surface area contributed by atoms with Crippen molar-refractivity contribution in [2.45, 2.75) is 24.5 Å². The van der Waals surface area contributed by atoms with Gasteiger partial charge in [-0.15, -0.1) is 10.2 Å². The lowest BCUT2D eigenvalue weighted by Crippen LogP contribution is -2.15. The van der Waals surface area contributed by atoms with E-state index in [-0.39, 0.29) is 12.3 Å². The highest BCUT2D eigenvalue weighted by atomic mass is 32.2. The maximum Gasteiger partial charge on any atom is 0.219 e. The molecule has 1 amide bonds. The lowest BCUT2D eigenvalue weighted by molar-refractivity contribution is -0.118. The highest BCUT2D eigenvalue weighted by Crippen LogP contribution is 2.25. The summed E-state index contributed by atoms with van der Waals surface area (Å²) in [6.07, 6.45) is 2.76. The summed E-state index contributed by atoms with van der Waals surface area (Å²) in [5.41, 5.74) is 6.56. The lowest BCUT2D eigenvalue weighted by atomic mass is 10.2. The average molecular weight is 342 g/mol. The van der Waals surface area contributed by atoms with E-state index in [4.69, 9.17) is 10.2 Å². The molecule has 2 aromatic heterocycles. The van der Waals surface area contributed by atoms with Crippen molar-refractivity contribution < 1.29 is 9.21 Å². The van der Waals surface area contributed by atoms with E-state index in [2.05, 4.69) is 22.3 Å². The fraction of sp³-hybridized carbons (Fsp3) is 0.235. The minimum atomic E-state index is -0.352. The van der Waals surface area contributed by atoms with Gasteiger partial charge >= 0.3 is 0 Å². The molecule has 3 rings (SSSR count). The fourth-order valence-electron chi connectivity index (χ4n) is 2.31. The maximum absolute atomic E-state index is 11.1. The smallest absolute Gasteiger partial charge is 0.219 e. The molecule has 24 heavy (non-hydrogen) atoms. The van der Waals surface area contributed by atoms with Crippen molar-refractivity contribution in [3.63, 3.8) is 0 Å². The molecule has 0 saturated heterocycles. The summed E-state index contributed by atoms with van der Waals surface area (Å²) in [5.74, 6) is 1.76. The zero-order chi connectivity index (χ0) is 16.8. The van der Waals surface area contributed by atoms with E-state index in [9.17, 15) is 4.79 Å². The molecule has 0 aliphatic rings. The third-order valence-electron chi connectivity index (χ3n) is 3.50. The van der Waals surface area contributed by atoms with Gasteiger partial charge < -0.3 is 10.2 Å². The van der Waals surface area contributed by atoms with E-state index in [1.54, 1.807) is 24.1 Å². The molecule has 7 heteroatoms. The number of benzene rings is 1. The van der Waals surface area contributed by atoms with Gasteiger partial charge in [0.15, 0.2) is 16.7 Å². The summed E-state index contributed by atoms with van der Waals surface area (Å²) in [5, 5.41) is 9.22. The Hall–Kier alpha value is -2.54. The molecule has 6 nitrogen and oxygen atoms in total. The number of nitrogens with zero attached hydrogens (tertiary/aromatic N) is 3. The van der Waals surface area contributed by atoms with Crippen molar-refractivity contribution in [3.05, 3.63) is 54.3 Å². The number of carbonyl (C=O) groups is 1. The summed E-state index contributed by atoms with van der Waals surface area (Å²) >= 11 is 1.61. The van der Waals surface area contributed by atoms with Gasteiger partial charge in [-0.3, -0.25) is 9.36 Å². The molecule has 0 bridgehead atoms. The number of amides is 1. The van der Waals surface area contributed by atoms with E-state index in [1.165, 1.54) is 5.56 Å². The molecular formula is C17H18N4O2S. The Balaban J connectivity index is 1.73.